The van der Waals surface area contributed by atoms with E-state index in [1.165, 1.54) is 6.08 Å². The van der Waals surface area contributed by atoms with Crippen LogP contribution in [0.2, 0.25) is 0 Å². The van der Waals surface area contributed by atoms with E-state index in [1.807, 2.05) is 6.07 Å². The Hall–Kier alpha value is -5.77. The standard InChI is InChI=1S/C30H35N11O2/c31-22(21-7-3-4-8-25(21)42)19-24(29(33)34)40-15-17-41(18-16-40)28-10-14-37-26(39-28)9-2-1-5-11-38-30(43)23(32)20-27-35-12-6-13-36-27/h3-4,6-8,10,12-14,19-20,42H,1,5,11,15-18,31-34H2,(H,38,43)/b22-19-,23-20-. The number of unbranched alkanes of at least 4 members (excludes halogenated alkanes) is 1. The molecule has 1 aliphatic rings. The zero-order chi connectivity index (χ0) is 30.6. The summed E-state index contributed by atoms with van der Waals surface area (Å²) in [5.74, 6) is 7.45. The van der Waals surface area contributed by atoms with Crippen molar-refractivity contribution in [3.8, 4) is 17.6 Å². The summed E-state index contributed by atoms with van der Waals surface area (Å²) in [7, 11) is 0. The number of hydrogen-bond acceptors (Lipinski definition) is 12. The monoisotopic (exact) mass is 581 g/mol. The lowest BCUT2D eigenvalue weighted by atomic mass is 10.1. The third kappa shape index (κ3) is 8.61. The first kappa shape index (κ1) is 30.2. The average molecular weight is 582 g/mol. The molecule has 0 radical (unpaired) electrons. The number of anilines is 1. The van der Waals surface area contributed by atoms with Crippen LogP contribution < -0.4 is 33.2 Å². The number of phenolic OH excluding ortho intramolecular Hbond substituents is 1. The smallest absolute Gasteiger partial charge is 0.267 e. The molecular formula is C30H35N11O2. The zero-order valence-electron chi connectivity index (χ0n) is 23.6. The summed E-state index contributed by atoms with van der Waals surface area (Å²) in [6.45, 7) is 3.01. The highest BCUT2D eigenvalue weighted by Crippen LogP contribution is 2.24. The minimum absolute atomic E-state index is 0.0372. The Morgan fingerprint density at radius 3 is 2.44 bits per heavy atom. The van der Waals surface area contributed by atoms with Crippen LogP contribution in [0, 0.1) is 11.8 Å². The zero-order valence-corrected chi connectivity index (χ0v) is 23.6. The average Bonchev–Trinajstić information content (AvgIpc) is 3.02. The van der Waals surface area contributed by atoms with Gasteiger partial charge < -0.3 is 43.2 Å². The highest BCUT2D eigenvalue weighted by Gasteiger charge is 2.21. The van der Waals surface area contributed by atoms with Crippen LogP contribution in [0.5, 0.6) is 5.75 Å². The molecular weight excluding hydrogens is 546 g/mol. The van der Waals surface area contributed by atoms with Gasteiger partial charge in [-0.1, -0.05) is 18.1 Å². The molecule has 0 spiro atoms. The molecule has 1 amide bonds. The van der Waals surface area contributed by atoms with E-state index in [1.54, 1.807) is 55.0 Å². The van der Waals surface area contributed by atoms with Crippen LogP contribution in [0.3, 0.4) is 0 Å². The van der Waals surface area contributed by atoms with Crippen molar-refractivity contribution >= 4 is 23.5 Å². The van der Waals surface area contributed by atoms with Crippen molar-refractivity contribution in [1.29, 1.82) is 0 Å². The SMILES string of the molecule is NC(N)=C(/C=C(\N)c1ccccc1O)N1CCN(c2ccnc(C#CCCCNC(=O)/C(N)=C/c3ncccn3)n2)CC1. The molecule has 0 unspecified atom stereocenters. The van der Waals surface area contributed by atoms with Crippen molar-refractivity contribution in [3.05, 3.63) is 95.5 Å². The van der Waals surface area contributed by atoms with Gasteiger partial charge in [0.15, 0.2) is 5.82 Å². The van der Waals surface area contributed by atoms with Crippen LogP contribution in [-0.2, 0) is 4.79 Å². The number of benzene rings is 1. The van der Waals surface area contributed by atoms with E-state index in [2.05, 4.69) is 46.9 Å². The number of allylic oxidation sites excluding steroid dienone is 1. The van der Waals surface area contributed by atoms with Crippen LogP contribution in [0.25, 0.3) is 11.8 Å². The number of amides is 1. The fourth-order valence-electron chi connectivity index (χ4n) is 4.27. The number of para-hydroxylation sites is 1. The van der Waals surface area contributed by atoms with Gasteiger partial charge in [-0.15, -0.1) is 0 Å². The molecule has 3 aromatic rings. The van der Waals surface area contributed by atoms with Crippen molar-refractivity contribution in [3.63, 3.8) is 0 Å². The van der Waals surface area contributed by atoms with Crippen molar-refractivity contribution in [2.45, 2.75) is 12.8 Å². The summed E-state index contributed by atoms with van der Waals surface area (Å²) in [6.07, 6.45) is 9.13. The number of carbonyl (C=O) groups is 1. The van der Waals surface area contributed by atoms with Gasteiger partial charge in [0.25, 0.3) is 5.91 Å². The quantitative estimate of drug-likeness (QED) is 0.0879. The molecule has 1 aliphatic heterocycles. The summed E-state index contributed by atoms with van der Waals surface area (Å²) in [5, 5.41) is 12.9. The van der Waals surface area contributed by atoms with E-state index < -0.39 is 0 Å². The largest absolute Gasteiger partial charge is 0.507 e. The molecule has 4 rings (SSSR count). The summed E-state index contributed by atoms with van der Waals surface area (Å²) in [5.41, 5.74) is 25.6. The van der Waals surface area contributed by atoms with Gasteiger partial charge in [-0.05, 0) is 42.7 Å². The number of rotatable bonds is 9. The summed E-state index contributed by atoms with van der Waals surface area (Å²) >= 11 is 0. The molecule has 0 atom stereocenters. The maximum atomic E-state index is 12.1. The molecule has 222 valence electrons. The van der Waals surface area contributed by atoms with Crippen molar-refractivity contribution in [2.75, 3.05) is 37.6 Å². The number of phenols is 1. The minimum atomic E-state index is -0.386. The predicted molar refractivity (Wildman–Crippen MR) is 165 cm³/mol. The Bertz CT molecular complexity index is 1560. The van der Waals surface area contributed by atoms with Crippen LogP contribution in [-0.4, -0.2) is 68.6 Å². The van der Waals surface area contributed by atoms with Gasteiger partial charge in [0.2, 0.25) is 5.82 Å². The molecule has 13 nitrogen and oxygen atoms in total. The Morgan fingerprint density at radius 2 is 1.72 bits per heavy atom. The van der Waals surface area contributed by atoms with Crippen molar-refractivity contribution in [2.24, 2.45) is 22.9 Å². The Morgan fingerprint density at radius 1 is 0.977 bits per heavy atom. The van der Waals surface area contributed by atoms with E-state index in [-0.39, 0.29) is 23.2 Å². The number of nitrogens with zero attached hydrogens (tertiary/aromatic N) is 6. The molecule has 3 heterocycles. The molecule has 13 heteroatoms. The van der Waals surface area contributed by atoms with E-state index >= 15 is 0 Å². The molecule has 43 heavy (non-hydrogen) atoms. The van der Waals surface area contributed by atoms with E-state index in [0.29, 0.717) is 74.2 Å². The minimum Gasteiger partial charge on any atom is -0.507 e. The molecule has 10 N–H and O–H groups in total. The number of aromatic nitrogens is 4. The van der Waals surface area contributed by atoms with Gasteiger partial charge in [-0.3, -0.25) is 4.79 Å². The van der Waals surface area contributed by atoms with Crippen molar-refractivity contribution < 1.29 is 9.90 Å². The van der Waals surface area contributed by atoms with Crippen LogP contribution in [0.15, 0.2) is 78.3 Å². The summed E-state index contributed by atoms with van der Waals surface area (Å²) in [4.78, 5) is 33.2. The second-order valence-electron chi connectivity index (χ2n) is 9.54. The summed E-state index contributed by atoms with van der Waals surface area (Å²) < 4.78 is 0. The highest BCUT2D eigenvalue weighted by atomic mass is 16.3. The number of nitrogens with two attached hydrogens (primary N) is 4. The molecule has 0 bridgehead atoms. The Labute approximate surface area is 250 Å². The third-order valence-electron chi connectivity index (χ3n) is 6.49. The highest BCUT2D eigenvalue weighted by molar-refractivity contribution is 5.96. The van der Waals surface area contributed by atoms with Gasteiger partial charge in [0, 0.05) is 75.1 Å². The summed E-state index contributed by atoms with van der Waals surface area (Å²) in [6, 6.07) is 10.4. The number of hydrogen-bond donors (Lipinski definition) is 6. The first-order valence-electron chi connectivity index (χ1n) is 13.7. The first-order valence-corrected chi connectivity index (χ1v) is 13.7. The number of piperazine rings is 1. The Kier molecular flexibility index (Phi) is 10.4. The topological polar surface area (TPSA) is 211 Å². The predicted octanol–water partition coefficient (Wildman–Crippen LogP) is 0.428. The molecule has 1 aromatic carbocycles. The van der Waals surface area contributed by atoms with E-state index in [4.69, 9.17) is 22.9 Å². The lowest BCUT2D eigenvalue weighted by Gasteiger charge is -2.37. The van der Waals surface area contributed by atoms with Crippen LogP contribution >= 0.6 is 0 Å². The van der Waals surface area contributed by atoms with Gasteiger partial charge in [0.05, 0.1) is 5.70 Å². The molecule has 1 saturated heterocycles. The number of carbonyl (C=O) groups excluding carboxylic acids is 1. The lowest BCUT2D eigenvalue weighted by Crippen LogP contribution is -2.47. The van der Waals surface area contributed by atoms with Crippen LogP contribution in [0.1, 0.15) is 30.1 Å². The second kappa shape index (κ2) is 14.7. The van der Waals surface area contributed by atoms with Gasteiger partial charge in [-0.25, -0.2) is 19.9 Å². The lowest BCUT2D eigenvalue weighted by molar-refractivity contribution is -0.117. The normalized spacial score (nSPS) is 13.6. The fraction of sp³-hybridized carbons (Fsp3) is 0.233. The number of nitrogens with one attached hydrogen (secondary N) is 1. The second-order valence-corrected chi connectivity index (χ2v) is 9.54. The van der Waals surface area contributed by atoms with Gasteiger partial charge in [0.1, 0.15) is 23.1 Å². The fourth-order valence-corrected chi connectivity index (χ4v) is 4.27. The Balaban J connectivity index is 1.26. The first-order chi connectivity index (χ1) is 20.8. The van der Waals surface area contributed by atoms with Gasteiger partial charge in [-0.2, -0.15) is 0 Å². The molecule has 0 saturated carbocycles. The third-order valence-corrected chi connectivity index (χ3v) is 6.49. The van der Waals surface area contributed by atoms with Gasteiger partial charge >= 0.3 is 0 Å². The van der Waals surface area contributed by atoms with E-state index in [9.17, 15) is 9.90 Å². The number of aromatic hydroxyl groups is 1. The molecule has 0 aliphatic carbocycles. The van der Waals surface area contributed by atoms with Crippen molar-refractivity contribution in [1.82, 2.24) is 30.2 Å². The molecule has 2 aromatic heterocycles. The van der Waals surface area contributed by atoms with Crippen LogP contribution in [0.4, 0.5) is 5.82 Å². The van der Waals surface area contributed by atoms with E-state index in [0.717, 1.165) is 5.82 Å². The molecule has 1 fully saturated rings. The maximum absolute atomic E-state index is 12.1. The maximum Gasteiger partial charge on any atom is 0.267 e.